The van der Waals surface area contributed by atoms with E-state index in [-0.39, 0.29) is 5.56 Å². The maximum atomic E-state index is 11.1. The van der Waals surface area contributed by atoms with Crippen LogP contribution in [-0.2, 0) is 4.74 Å². The zero-order chi connectivity index (χ0) is 13.5. The normalized spacial score (nSPS) is 35.9. The van der Waals surface area contributed by atoms with Gasteiger partial charge in [-0.25, -0.2) is 0 Å². The van der Waals surface area contributed by atoms with Gasteiger partial charge in [-0.2, -0.15) is 0 Å². The number of hydrogen-bond acceptors (Lipinski definition) is 5. The van der Waals surface area contributed by atoms with Crippen LogP contribution in [0.4, 0.5) is 0 Å². The predicted octanol–water partition coefficient (Wildman–Crippen LogP) is -2.12. The van der Waals surface area contributed by atoms with Crippen LogP contribution in [0.3, 0.4) is 0 Å². The van der Waals surface area contributed by atoms with Crippen LogP contribution in [0.5, 0.6) is 0 Å². The molecule has 1 aliphatic heterocycles. The van der Waals surface area contributed by atoms with Crippen LogP contribution < -0.4 is 5.56 Å². The summed E-state index contributed by atoms with van der Waals surface area (Å²) in [7, 11) is 0. The number of aromatic amines is 1. The van der Waals surface area contributed by atoms with E-state index in [1.165, 1.54) is 23.8 Å². The molecule has 100 valence electrons. The van der Waals surface area contributed by atoms with E-state index in [1.807, 2.05) is 0 Å². The number of nitrogens with zero attached hydrogens (tertiary/aromatic N) is 1. The minimum absolute atomic E-state index is 0.295. The first-order chi connectivity index (χ1) is 8.37. The fourth-order valence-corrected chi connectivity index (χ4v) is 2.54. The van der Waals surface area contributed by atoms with Crippen molar-refractivity contribution in [2.75, 3.05) is 6.61 Å². The van der Waals surface area contributed by atoms with Crippen molar-refractivity contribution in [3.63, 3.8) is 0 Å². The molecule has 1 aliphatic rings. The second-order valence-corrected chi connectivity index (χ2v) is 5.21. The molecule has 0 spiro atoms. The summed E-state index contributed by atoms with van der Waals surface area (Å²) in [6.07, 6.45) is -1.55. The Kier molecular flexibility index (Phi) is 3.59. The van der Waals surface area contributed by atoms with Gasteiger partial charge in [0.05, 0.1) is 0 Å². The number of aliphatic hydroxyl groups is 3. The van der Waals surface area contributed by atoms with Gasteiger partial charge < -0.3 is 0 Å². The molecule has 7 nitrogen and oxygen atoms in total. The van der Waals surface area contributed by atoms with Crippen molar-refractivity contribution in [3.05, 3.63) is 26.9 Å². The number of nitrogens with one attached hydrogen (secondary N) is 1. The maximum absolute atomic E-state index is 11.1. The van der Waals surface area contributed by atoms with Gasteiger partial charge in [-0.15, -0.1) is 0 Å². The molecule has 2 heterocycles. The summed E-state index contributed by atoms with van der Waals surface area (Å²) >= 11 is 2.65. The van der Waals surface area contributed by atoms with Crippen LogP contribution in [-0.4, -0.2) is 64.9 Å². The molecule has 0 saturated carbocycles. The Labute approximate surface area is 110 Å². The number of H-pyrrole nitrogens is 1. The summed E-state index contributed by atoms with van der Waals surface area (Å²) in [5, 5.41) is 29.2. The molecule has 4 N–H and O–H groups in total. The topological polar surface area (TPSA) is 108 Å². The molecule has 0 radical (unpaired) electrons. The Morgan fingerprint density at radius 1 is 1.67 bits per heavy atom. The van der Waals surface area contributed by atoms with Crippen molar-refractivity contribution in [2.45, 2.75) is 31.0 Å². The first-order valence-electron chi connectivity index (χ1n) is 5.36. The van der Waals surface area contributed by atoms with E-state index in [1.54, 1.807) is 0 Å². The molecular formula is C10H14N2O5Se. The second kappa shape index (κ2) is 4.73. The first-order valence-corrected chi connectivity index (χ1v) is 6.22. The fourth-order valence-electron chi connectivity index (χ4n) is 2.00. The molecule has 0 aliphatic carbocycles. The van der Waals surface area contributed by atoms with Gasteiger partial charge in [0.25, 0.3) is 0 Å². The van der Waals surface area contributed by atoms with Crippen LogP contribution >= 0.6 is 0 Å². The van der Waals surface area contributed by atoms with Crippen LogP contribution in [0.25, 0.3) is 0 Å². The Hall–Kier alpha value is -0.761. The minimum atomic E-state index is -1.57. The Balaban J connectivity index is 2.45. The monoisotopic (exact) mass is 322 g/mol. The average Bonchev–Trinajstić information content (AvgIpc) is 2.52. The van der Waals surface area contributed by atoms with Crippen molar-refractivity contribution < 1.29 is 20.1 Å². The van der Waals surface area contributed by atoms with Gasteiger partial charge in [0, 0.05) is 0 Å². The standard InChI is InChI=1S/C10H14N2O5Se/c1-10(16)7(15)5(4-13)17-8(10)12-3-2-6(14)11-9(12)18/h2-3,5,7-8,13,15-16H,4H2,1H3,(H,11,14,18)/t5-,7-,8-,10-/m1/s1. The number of hydrogen-bond donors (Lipinski definition) is 4. The van der Waals surface area contributed by atoms with E-state index >= 15 is 0 Å². The van der Waals surface area contributed by atoms with Gasteiger partial charge in [-0.3, -0.25) is 0 Å². The molecule has 18 heavy (non-hydrogen) atoms. The molecule has 1 fully saturated rings. The van der Waals surface area contributed by atoms with Crippen LogP contribution in [0.2, 0.25) is 0 Å². The van der Waals surface area contributed by atoms with E-state index < -0.39 is 30.6 Å². The summed E-state index contributed by atoms with van der Waals surface area (Å²) in [5.41, 5.74) is -1.87. The number of rotatable bonds is 2. The van der Waals surface area contributed by atoms with Crippen molar-refractivity contribution in [2.24, 2.45) is 0 Å². The molecule has 0 aromatic carbocycles. The molecule has 2 rings (SSSR count). The molecule has 1 saturated heterocycles. The van der Waals surface area contributed by atoms with Gasteiger partial charge in [-0.05, 0) is 0 Å². The molecule has 0 unspecified atom stereocenters. The molecule has 4 atom stereocenters. The van der Waals surface area contributed by atoms with E-state index in [0.717, 1.165) is 0 Å². The van der Waals surface area contributed by atoms with E-state index in [0.29, 0.717) is 4.32 Å². The van der Waals surface area contributed by atoms with E-state index in [9.17, 15) is 15.0 Å². The van der Waals surface area contributed by atoms with Gasteiger partial charge >= 0.3 is 110 Å². The third kappa shape index (κ3) is 2.11. The van der Waals surface area contributed by atoms with Crippen molar-refractivity contribution in [1.29, 1.82) is 0 Å². The molecular weight excluding hydrogens is 307 g/mol. The van der Waals surface area contributed by atoms with Crippen molar-refractivity contribution >= 4 is 15.6 Å². The first kappa shape index (κ1) is 13.7. The summed E-state index contributed by atoms with van der Waals surface area (Å²) in [6, 6.07) is 1.28. The number of aromatic nitrogens is 2. The van der Waals surface area contributed by atoms with Crippen LogP contribution in [0, 0.1) is 4.32 Å². The Morgan fingerprint density at radius 2 is 2.33 bits per heavy atom. The SMILES string of the molecule is C[C@@]1(O)[C@H](O)[C@@H](CO)O[C@H]1n1ccc(=O)[nH]c1=[Se]. The van der Waals surface area contributed by atoms with Gasteiger partial charge in [0.1, 0.15) is 0 Å². The molecule has 1 aromatic heterocycles. The van der Waals surface area contributed by atoms with Gasteiger partial charge in [0.15, 0.2) is 0 Å². The van der Waals surface area contributed by atoms with Crippen molar-refractivity contribution in [3.8, 4) is 0 Å². The summed E-state index contributed by atoms with van der Waals surface area (Å²) < 4.78 is 7.23. The predicted molar refractivity (Wildman–Crippen MR) is 61.7 cm³/mol. The van der Waals surface area contributed by atoms with E-state index in [4.69, 9.17) is 9.84 Å². The van der Waals surface area contributed by atoms with Crippen LogP contribution in [0.1, 0.15) is 13.2 Å². The van der Waals surface area contributed by atoms with Crippen molar-refractivity contribution in [1.82, 2.24) is 9.55 Å². The number of ether oxygens (including phenoxy) is 1. The summed E-state index contributed by atoms with van der Waals surface area (Å²) in [6.45, 7) is 1.01. The second-order valence-electron chi connectivity index (χ2n) is 4.40. The summed E-state index contributed by atoms with van der Waals surface area (Å²) in [5.74, 6) is 0. The molecule has 0 bridgehead atoms. The third-order valence-corrected chi connectivity index (χ3v) is 3.69. The fraction of sp³-hybridized carbons (Fsp3) is 0.600. The molecule has 8 heteroatoms. The van der Waals surface area contributed by atoms with Gasteiger partial charge in [0.2, 0.25) is 0 Å². The summed E-state index contributed by atoms with van der Waals surface area (Å²) in [4.78, 5) is 13.6. The average molecular weight is 321 g/mol. The zero-order valence-corrected chi connectivity index (χ0v) is 11.3. The van der Waals surface area contributed by atoms with Crippen LogP contribution in [0.15, 0.2) is 17.1 Å². The third-order valence-electron chi connectivity index (χ3n) is 3.04. The molecule has 1 aromatic rings. The Morgan fingerprint density at radius 3 is 2.83 bits per heavy atom. The van der Waals surface area contributed by atoms with Gasteiger partial charge in [-0.1, -0.05) is 0 Å². The number of aliphatic hydroxyl groups excluding tert-OH is 2. The molecule has 0 amide bonds. The quantitative estimate of drug-likeness (QED) is 0.466. The Bertz CT molecular complexity index is 552. The van der Waals surface area contributed by atoms with E-state index in [2.05, 4.69) is 20.6 Å². The zero-order valence-electron chi connectivity index (χ0n) is 9.61.